The number of carbonyl (C=O) groups excluding carboxylic acids is 1. The van der Waals surface area contributed by atoms with Gasteiger partial charge in [0.1, 0.15) is 12.4 Å². The lowest BCUT2D eigenvalue weighted by Gasteiger charge is -2.20. The fourth-order valence-electron chi connectivity index (χ4n) is 1.61. The van der Waals surface area contributed by atoms with E-state index in [1.807, 2.05) is 0 Å². The smallest absolute Gasteiger partial charge is 0.418 e. The monoisotopic (exact) mass is 473 g/mol. The van der Waals surface area contributed by atoms with E-state index in [0.717, 1.165) is 13.2 Å². The number of aliphatic hydroxyl groups excluding tert-OH is 1. The summed E-state index contributed by atoms with van der Waals surface area (Å²) in [6.45, 7) is -0.585. The number of alkyl halides is 6. The molecule has 0 fully saturated rings. The minimum atomic E-state index is -4.93. The summed E-state index contributed by atoms with van der Waals surface area (Å²) in [5, 5.41) is 11.6. The summed E-state index contributed by atoms with van der Waals surface area (Å²) in [5.74, 6) is -0.395. The van der Waals surface area contributed by atoms with E-state index in [0.29, 0.717) is 0 Å². The van der Waals surface area contributed by atoms with Crippen molar-refractivity contribution in [3.63, 3.8) is 0 Å². The van der Waals surface area contributed by atoms with E-state index in [1.165, 1.54) is 6.07 Å². The highest BCUT2D eigenvalue weighted by molar-refractivity contribution is 9.10. The van der Waals surface area contributed by atoms with Crippen LogP contribution in [0.2, 0.25) is 0 Å². The molecule has 0 radical (unpaired) electrons. The second-order valence-corrected chi connectivity index (χ2v) is 7.77. The molecule has 1 aromatic carbocycles. The molecule has 0 bridgehead atoms. The molecule has 1 atom stereocenters. The molecule has 1 aromatic rings. The van der Waals surface area contributed by atoms with Gasteiger partial charge in [0, 0.05) is 10.0 Å². The van der Waals surface area contributed by atoms with Gasteiger partial charge in [0.2, 0.25) is 3.79 Å². The number of aliphatic hydroxyl groups is 1. The zero-order valence-electron chi connectivity index (χ0n) is 11.8. The number of methoxy groups -OCH3 is 1. The summed E-state index contributed by atoms with van der Waals surface area (Å²) in [7, 11) is 1.08. The number of anilines is 1. The van der Waals surface area contributed by atoms with Crippen LogP contribution in [0.1, 0.15) is 11.7 Å². The topological polar surface area (TPSA) is 67.8 Å². The van der Waals surface area contributed by atoms with Gasteiger partial charge in [0.25, 0.3) is 0 Å². The standard InChI is InChI=1S/C12H10BrCl3F3NO4/c1-23-8-6(9(21)12(17,18)19)2-5(13)3-7(8)20-10(22)24-4-11(14,15)16/h2-3,9,21H,4H2,1H3,(H,20,22). The molecule has 12 heteroatoms. The molecule has 0 spiro atoms. The van der Waals surface area contributed by atoms with Crippen molar-refractivity contribution in [3.05, 3.63) is 22.2 Å². The van der Waals surface area contributed by atoms with Crippen LogP contribution < -0.4 is 10.1 Å². The average Bonchev–Trinajstić information content (AvgIpc) is 2.42. The summed E-state index contributed by atoms with van der Waals surface area (Å²) in [6, 6.07) is 2.26. The van der Waals surface area contributed by atoms with Crippen molar-refractivity contribution in [2.75, 3.05) is 19.0 Å². The van der Waals surface area contributed by atoms with E-state index in [4.69, 9.17) is 39.5 Å². The van der Waals surface area contributed by atoms with Gasteiger partial charge >= 0.3 is 12.3 Å². The quantitative estimate of drug-likeness (QED) is 0.604. The Hall–Kier alpha value is -0.610. The first-order valence-corrected chi connectivity index (χ1v) is 7.90. The number of benzene rings is 1. The van der Waals surface area contributed by atoms with E-state index in [2.05, 4.69) is 26.0 Å². The van der Waals surface area contributed by atoms with E-state index >= 15 is 0 Å². The van der Waals surface area contributed by atoms with Crippen LogP contribution >= 0.6 is 50.7 Å². The lowest BCUT2D eigenvalue weighted by molar-refractivity contribution is -0.207. The predicted molar refractivity (Wildman–Crippen MR) is 87.0 cm³/mol. The first-order chi connectivity index (χ1) is 10.8. The molecule has 5 nitrogen and oxygen atoms in total. The average molecular weight is 475 g/mol. The zero-order valence-corrected chi connectivity index (χ0v) is 15.6. The third kappa shape index (κ3) is 6.36. The van der Waals surface area contributed by atoms with Crippen molar-refractivity contribution < 1.29 is 32.5 Å². The van der Waals surface area contributed by atoms with Gasteiger partial charge in [-0.1, -0.05) is 50.7 Å². The molecule has 0 aliphatic heterocycles. The lowest BCUT2D eigenvalue weighted by atomic mass is 10.1. The Labute approximate surface area is 158 Å². The van der Waals surface area contributed by atoms with Gasteiger partial charge in [-0.05, 0) is 12.1 Å². The third-order valence-electron chi connectivity index (χ3n) is 2.49. The molecule has 0 aromatic heterocycles. The summed E-state index contributed by atoms with van der Waals surface area (Å²) < 4.78 is 46.0. The number of hydrogen-bond acceptors (Lipinski definition) is 4. The van der Waals surface area contributed by atoms with E-state index in [1.54, 1.807) is 0 Å². The molecule has 2 N–H and O–H groups in total. The maximum Gasteiger partial charge on any atom is 0.418 e. The normalized spacial score (nSPS) is 13.4. The van der Waals surface area contributed by atoms with Crippen LogP contribution in [0.5, 0.6) is 5.75 Å². The van der Waals surface area contributed by atoms with Crippen molar-refractivity contribution in [1.82, 2.24) is 0 Å². The first kappa shape index (κ1) is 21.4. The fourth-order valence-corrected chi connectivity index (χ4v) is 2.25. The molecule has 0 aliphatic rings. The fraction of sp³-hybridized carbons (Fsp3) is 0.417. The van der Waals surface area contributed by atoms with Crippen molar-refractivity contribution in [2.24, 2.45) is 0 Å². The molecule has 0 heterocycles. The molecule has 0 saturated heterocycles. The number of ether oxygens (including phenoxy) is 2. The lowest BCUT2D eigenvalue weighted by Crippen LogP contribution is -2.23. The summed E-state index contributed by atoms with van der Waals surface area (Å²) in [4.78, 5) is 11.7. The molecular weight excluding hydrogens is 465 g/mol. The van der Waals surface area contributed by atoms with Crippen LogP contribution in [-0.2, 0) is 4.74 Å². The Balaban J connectivity index is 3.11. The maximum absolute atomic E-state index is 12.8. The van der Waals surface area contributed by atoms with Gasteiger partial charge in [0.15, 0.2) is 6.10 Å². The Morgan fingerprint density at radius 1 is 1.38 bits per heavy atom. The molecule has 136 valence electrons. The van der Waals surface area contributed by atoms with E-state index < -0.39 is 40.1 Å². The molecule has 0 saturated carbocycles. The highest BCUT2D eigenvalue weighted by atomic mass is 79.9. The number of halogens is 7. The number of amides is 1. The van der Waals surface area contributed by atoms with Crippen molar-refractivity contribution in [2.45, 2.75) is 16.1 Å². The van der Waals surface area contributed by atoms with Crippen molar-refractivity contribution in [3.8, 4) is 5.75 Å². The van der Waals surface area contributed by atoms with Crippen LogP contribution in [0.4, 0.5) is 23.7 Å². The molecule has 1 unspecified atom stereocenters. The number of carbonyl (C=O) groups is 1. The summed E-state index contributed by atoms with van der Waals surface area (Å²) in [5.41, 5.74) is -0.782. The molecule has 1 rings (SSSR count). The van der Waals surface area contributed by atoms with Gasteiger partial charge in [-0.3, -0.25) is 5.32 Å². The Kier molecular flexibility index (Phi) is 7.30. The minimum absolute atomic E-state index is 0.151. The molecule has 24 heavy (non-hydrogen) atoms. The Morgan fingerprint density at radius 2 is 1.96 bits per heavy atom. The highest BCUT2D eigenvalue weighted by Gasteiger charge is 2.41. The Morgan fingerprint density at radius 3 is 2.42 bits per heavy atom. The van der Waals surface area contributed by atoms with Crippen molar-refractivity contribution in [1.29, 1.82) is 0 Å². The maximum atomic E-state index is 12.8. The van der Waals surface area contributed by atoms with Gasteiger partial charge in [0.05, 0.1) is 12.8 Å². The van der Waals surface area contributed by atoms with Crippen LogP contribution in [0.3, 0.4) is 0 Å². The van der Waals surface area contributed by atoms with Gasteiger partial charge in [-0.25, -0.2) is 4.79 Å². The second-order valence-electron chi connectivity index (χ2n) is 4.34. The van der Waals surface area contributed by atoms with Crippen LogP contribution in [0, 0.1) is 0 Å². The minimum Gasteiger partial charge on any atom is -0.494 e. The molecular formula is C12H10BrCl3F3NO4. The van der Waals surface area contributed by atoms with Crippen molar-refractivity contribution >= 4 is 62.5 Å². The number of hydrogen-bond donors (Lipinski definition) is 2. The van der Waals surface area contributed by atoms with Crippen LogP contribution in [-0.4, -0.2) is 34.9 Å². The molecule has 0 aliphatic carbocycles. The zero-order chi connectivity index (χ0) is 18.7. The third-order valence-corrected chi connectivity index (χ3v) is 3.28. The number of rotatable bonds is 4. The van der Waals surface area contributed by atoms with E-state index in [-0.39, 0.29) is 10.2 Å². The largest absolute Gasteiger partial charge is 0.494 e. The SMILES string of the molecule is COc1c(NC(=O)OCC(Cl)(Cl)Cl)cc(Br)cc1C(O)C(F)(F)F. The van der Waals surface area contributed by atoms with E-state index in [9.17, 15) is 23.1 Å². The van der Waals surface area contributed by atoms with Crippen LogP contribution in [0.25, 0.3) is 0 Å². The Bertz CT molecular complexity index is 610. The predicted octanol–water partition coefficient (Wildman–Crippen LogP) is 4.97. The van der Waals surface area contributed by atoms with Gasteiger partial charge in [-0.15, -0.1) is 0 Å². The first-order valence-electron chi connectivity index (χ1n) is 5.98. The highest BCUT2D eigenvalue weighted by Crippen LogP contribution is 2.42. The summed E-state index contributed by atoms with van der Waals surface area (Å²) >= 11 is 19.2. The second kappa shape index (κ2) is 8.18. The number of nitrogens with one attached hydrogen (secondary N) is 1. The van der Waals surface area contributed by atoms with Gasteiger partial charge in [-0.2, -0.15) is 13.2 Å². The van der Waals surface area contributed by atoms with Gasteiger partial charge < -0.3 is 14.6 Å². The molecule has 1 amide bonds. The summed E-state index contributed by atoms with van der Waals surface area (Å²) in [6.07, 6.45) is -8.84. The van der Waals surface area contributed by atoms with Crippen LogP contribution in [0.15, 0.2) is 16.6 Å².